The van der Waals surface area contributed by atoms with E-state index < -0.39 is 23.6 Å². The number of ether oxygens (including phenoxy) is 1. The number of anilines is 1. The van der Waals surface area contributed by atoms with Gasteiger partial charge in [-0.05, 0) is 42.8 Å². The minimum absolute atomic E-state index is 0.00450. The van der Waals surface area contributed by atoms with Crippen molar-refractivity contribution >= 4 is 29.3 Å². The van der Waals surface area contributed by atoms with Crippen LogP contribution in [0.5, 0.6) is 5.75 Å². The number of nitrogens with one attached hydrogen (secondary N) is 2. The molecule has 10 heteroatoms. The summed E-state index contributed by atoms with van der Waals surface area (Å²) in [4.78, 5) is 24.6. The van der Waals surface area contributed by atoms with E-state index in [0.717, 1.165) is 29.5 Å². The maximum atomic E-state index is 12.9. The number of allylic oxidation sites excluding steroid dienone is 1. The third-order valence-corrected chi connectivity index (χ3v) is 5.79. The van der Waals surface area contributed by atoms with Crippen molar-refractivity contribution in [3.05, 3.63) is 70.3 Å². The standard InChI is InChI=1S/C23H20F3N3O3S/c1-2-32-17-8-6-14(7-9-17)18-11-20(30)29-22(19(18)12-27)33-13-21(31)28-16-5-3-4-15(10-16)23(24,25)26/h3-10,18H,2,11,13H2,1H3,(H,28,31)(H,29,30)/t18-/m0/s1. The first kappa shape index (κ1) is 24.2. The Hall–Kier alpha value is -3.45. The van der Waals surface area contributed by atoms with Gasteiger partial charge in [-0.1, -0.05) is 30.0 Å². The van der Waals surface area contributed by atoms with Crippen molar-refractivity contribution in [2.75, 3.05) is 17.7 Å². The summed E-state index contributed by atoms with van der Waals surface area (Å²) in [5.41, 5.74) is 0.206. The smallest absolute Gasteiger partial charge is 0.416 e. The van der Waals surface area contributed by atoms with Gasteiger partial charge in [0.25, 0.3) is 0 Å². The van der Waals surface area contributed by atoms with Crippen LogP contribution in [0.25, 0.3) is 0 Å². The lowest BCUT2D eigenvalue weighted by molar-refractivity contribution is -0.137. The van der Waals surface area contributed by atoms with Crippen LogP contribution in [0.4, 0.5) is 18.9 Å². The van der Waals surface area contributed by atoms with Crippen LogP contribution in [0.15, 0.2) is 59.1 Å². The number of nitrogens with zero attached hydrogens (tertiary/aromatic N) is 1. The number of nitriles is 1. The van der Waals surface area contributed by atoms with Crippen LogP contribution in [0.1, 0.15) is 30.4 Å². The van der Waals surface area contributed by atoms with Crippen molar-refractivity contribution in [3.63, 3.8) is 0 Å². The molecule has 0 fully saturated rings. The van der Waals surface area contributed by atoms with Crippen molar-refractivity contribution < 1.29 is 27.5 Å². The van der Waals surface area contributed by atoms with Crippen LogP contribution in [-0.2, 0) is 15.8 Å². The normalized spacial score (nSPS) is 16.1. The molecule has 2 amide bonds. The first-order chi connectivity index (χ1) is 15.7. The van der Waals surface area contributed by atoms with Gasteiger partial charge in [0.05, 0.1) is 34.6 Å². The number of amides is 2. The van der Waals surface area contributed by atoms with Crippen LogP contribution >= 0.6 is 11.8 Å². The largest absolute Gasteiger partial charge is 0.494 e. The fourth-order valence-corrected chi connectivity index (χ4v) is 4.17. The Morgan fingerprint density at radius 2 is 2.00 bits per heavy atom. The predicted octanol–water partition coefficient (Wildman–Crippen LogP) is 4.81. The van der Waals surface area contributed by atoms with Gasteiger partial charge in [0.15, 0.2) is 0 Å². The van der Waals surface area contributed by atoms with E-state index in [1.54, 1.807) is 24.3 Å². The van der Waals surface area contributed by atoms with E-state index in [4.69, 9.17) is 4.74 Å². The molecule has 1 aliphatic rings. The fourth-order valence-electron chi connectivity index (χ4n) is 3.29. The van der Waals surface area contributed by atoms with Gasteiger partial charge in [-0.25, -0.2) is 0 Å². The molecule has 2 aromatic carbocycles. The molecule has 0 spiro atoms. The van der Waals surface area contributed by atoms with Crippen LogP contribution < -0.4 is 15.4 Å². The average molecular weight is 475 g/mol. The molecular formula is C23H20F3N3O3S. The molecule has 1 aliphatic heterocycles. The molecule has 0 saturated heterocycles. The lowest BCUT2D eigenvalue weighted by Crippen LogP contribution is -2.31. The molecule has 6 nitrogen and oxygen atoms in total. The van der Waals surface area contributed by atoms with E-state index in [9.17, 15) is 28.0 Å². The molecule has 1 heterocycles. The van der Waals surface area contributed by atoms with E-state index in [1.165, 1.54) is 12.1 Å². The van der Waals surface area contributed by atoms with Gasteiger partial charge in [-0.3, -0.25) is 9.59 Å². The van der Waals surface area contributed by atoms with Gasteiger partial charge in [0.2, 0.25) is 11.8 Å². The minimum atomic E-state index is -4.52. The first-order valence-corrected chi connectivity index (χ1v) is 11.0. The van der Waals surface area contributed by atoms with Gasteiger partial charge < -0.3 is 15.4 Å². The highest BCUT2D eigenvalue weighted by atomic mass is 32.2. The summed E-state index contributed by atoms with van der Waals surface area (Å²) in [5.74, 6) is -0.874. The highest BCUT2D eigenvalue weighted by Gasteiger charge is 2.31. The van der Waals surface area contributed by atoms with Crippen LogP contribution in [0.3, 0.4) is 0 Å². The number of benzene rings is 2. The zero-order valence-corrected chi connectivity index (χ0v) is 18.3. The van der Waals surface area contributed by atoms with Crippen LogP contribution in [0, 0.1) is 11.3 Å². The van der Waals surface area contributed by atoms with Crippen LogP contribution in [0.2, 0.25) is 0 Å². The van der Waals surface area contributed by atoms with Gasteiger partial charge in [-0.15, -0.1) is 0 Å². The molecule has 3 rings (SSSR count). The second kappa shape index (κ2) is 10.4. The number of hydrogen-bond donors (Lipinski definition) is 2. The summed E-state index contributed by atoms with van der Waals surface area (Å²) in [6.07, 6.45) is -4.44. The summed E-state index contributed by atoms with van der Waals surface area (Å²) in [6, 6.07) is 13.5. The molecule has 0 bridgehead atoms. The maximum Gasteiger partial charge on any atom is 0.416 e. The van der Waals surface area contributed by atoms with Gasteiger partial charge in [0, 0.05) is 18.0 Å². The lowest BCUT2D eigenvalue weighted by Gasteiger charge is -2.25. The van der Waals surface area contributed by atoms with Crippen LogP contribution in [-0.4, -0.2) is 24.2 Å². The Bertz CT molecular complexity index is 1110. The molecule has 0 aromatic heterocycles. The molecule has 1 atom stereocenters. The second-order valence-corrected chi connectivity index (χ2v) is 8.06. The Labute approximate surface area is 192 Å². The van der Waals surface area contributed by atoms with E-state index >= 15 is 0 Å². The Morgan fingerprint density at radius 1 is 1.27 bits per heavy atom. The number of carbonyl (C=O) groups excluding carboxylic acids is 2. The van der Waals surface area contributed by atoms with Crippen molar-refractivity contribution in [2.45, 2.75) is 25.4 Å². The molecule has 0 radical (unpaired) electrons. The Balaban J connectivity index is 1.72. The van der Waals surface area contributed by atoms with E-state index in [1.807, 2.05) is 6.92 Å². The third-order valence-electron chi connectivity index (χ3n) is 4.77. The topological polar surface area (TPSA) is 91.2 Å². The summed E-state index contributed by atoms with van der Waals surface area (Å²) < 4.78 is 44.0. The fraction of sp³-hybridized carbons (Fsp3) is 0.261. The molecule has 0 saturated carbocycles. The number of thioether (sulfide) groups is 1. The van der Waals surface area contributed by atoms with Gasteiger partial charge in [0.1, 0.15) is 5.75 Å². The SMILES string of the molecule is CCOc1ccc([C@@H]2CC(=O)NC(SCC(=O)Nc3cccc(C(F)(F)F)c3)=C2C#N)cc1. The Kier molecular flexibility index (Phi) is 7.66. The average Bonchev–Trinajstić information content (AvgIpc) is 2.77. The van der Waals surface area contributed by atoms with E-state index in [0.29, 0.717) is 17.9 Å². The first-order valence-electron chi connectivity index (χ1n) is 9.98. The quantitative estimate of drug-likeness (QED) is 0.600. The monoisotopic (exact) mass is 475 g/mol. The zero-order valence-electron chi connectivity index (χ0n) is 17.5. The van der Waals surface area contributed by atoms with Gasteiger partial charge >= 0.3 is 6.18 Å². The van der Waals surface area contributed by atoms with E-state index in [2.05, 4.69) is 16.7 Å². The predicted molar refractivity (Wildman–Crippen MR) is 118 cm³/mol. The van der Waals surface area contributed by atoms with Crippen molar-refractivity contribution in [2.24, 2.45) is 0 Å². The second-order valence-electron chi connectivity index (χ2n) is 7.08. The summed E-state index contributed by atoms with van der Waals surface area (Å²) in [6.45, 7) is 2.38. The molecule has 33 heavy (non-hydrogen) atoms. The number of alkyl halides is 3. The molecule has 2 N–H and O–H groups in total. The number of hydrogen-bond acceptors (Lipinski definition) is 5. The molecular weight excluding hydrogens is 455 g/mol. The highest BCUT2D eigenvalue weighted by molar-refractivity contribution is 8.03. The molecule has 2 aromatic rings. The lowest BCUT2D eigenvalue weighted by atomic mass is 9.87. The number of halogens is 3. The van der Waals surface area contributed by atoms with Gasteiger partial charge in [-0.2, -0.15) is 18.4 Å². The van der Waals surface area contributed by atoms with Crippen molar-refractivity contribution in [1.29, 1.82) is 5.26 Å². The van der Waals surface area contributed by atoms with E-state index in [-0.39, 0.29) is 28.8 Å². The maximum absolute atomic E-state index is 12.9. The zero-order chi connectivity index (χ0) is 24.0. The molecule has 0 aliphatic carbocycles. The highest BCUT2D eigenvalue weighted by Crippen LogP contribution is 2.36. The third kappa shape index (κ3) is 6.29. The van der Waals surface area contributed by atoms with Crippen molar-refractivity contribution in [1.82, 2.24) is 5.32 Å². The summed E-state index contributed by atoms with van der Waals surface area (Å²) >= 11 is 0.947. The Morgan fingerprint density at radius 3 is 2.64 bits per heavy atom. The molecule has 172 valence electrons. The summed E-state index contributed by atoms with van der Waals surface area (Å²) in [7, 11) is 0. The summed E-state index contributed by atoms with van der Waals surface area (Å²) in [5, 5.41) is 15.0. The molecule has 0 unspecified atom stereocenters. The number of carbonyl (C=O) groups is 2. The van der Waals surface area contributed by atoms with Crippen molar-refractivity contribution in [3.8, 4) is 11.8 Å². The number of rotatable bonds is 7. The minimum Gasteiger partial charge on any atom is -0.494 e.